The second-order valence-electron chi connectivity index (χ2n) is 11.6. The zero-order valence-corrected chi connectivity index (χ0v) is 26.7. The molecule has 0 aliphatic carbocycles. The van der Waals surface area contributed by atoms with E-state index in [0.29, 0.717) is 13.3 Å². The lowest BCUT2D eigenvalue weighted by atomic mass is 10.1. The molecular weight excluding hydrogens is 544 g/mol. The Morgan fingerprint density at radius 2 is 1.12 bits per heavy atom. The van der Waals surface area contributed by atoms with E-state index < -0.39 is 8.32 Å². The first-order chi connectivity index (χ1) is 19.9. The van der Waals surface area contributed by atoms with Crippen LogP contribution < -0.4 is 14.7 Å². The monoisotopic (exact) mass is 587 g/mol. The summed E-state index contributed by atoms with van der Waals surface area (Å²) in [6, 6.07) is 24.4. The van der Waals surface area contributed by atoms with Crippen LogP contribution >= 0.6 is 0 Å². The summed E-state index contributed by atoms with van der Waals surface area (Å²) in [5, 5.41) is 9.26. The molecule has 42 heavy (non-hydrogen) atoms. The fraction of sp³-hybridized carbons (Fsp3) is 0.312. The van der Waals surface area contributed by atoms with Gasteiger partial charge in [0, 0.05) is 21.1 Å². The summed E-state index contributed by atoms with van der Waals surface area (Å²) in [4.78, 5) is 17.5. The molecule has 0 aromatic heterocycles. The standard InChI is InChI=1S/C12H19N2OSi.C11H13N2O.C9H11N2O/c1-13-10-14(15-16(2,3)4)9-11-7-5-6-8-12(11)13;1-9(14)13-7-10-5-3-4-6-11(10)12(2)8-13;1-10-7-11(12)6-8-4-2-3-5-9(8)10/h5-9H,10H2,1-4H3;3-7H,8H2,1-2H3;2-6,12H,7H2,1H3/q3*+1. The molecule has 220 valence electrons. The van der Waals surface area contributed by atoms with Gasteiger partial charge in [-0.1, -0.05) is 36.4 Å². The maximum atomic E-state index is 11.2. The van der Waals surface area contributed by atoms with Crippen molar-refractivity contribution in [1.82, 2.24) is 0 Å². The minimum atomic E-state index is -1.53. The molecule has 3 aromatic rings. The zero-order valence-electron chi connectivity index (χ0n) is 25.7. The van der Waals surface area contributed by atoms with Gasteiger partial charge in [-0.2, -0.15) is 0 Å². The van der Waals surface area contributed by atoms with Crippen LogP contribution in [0.1, 0.15) is 23.6 Å². The largest absolute Gasteiger partial charge is 0.385 e. The van der Waals surface area contributed by atoms with E-state index in [4.69, 9.17) is 4.53 Å². The number of benzene rings is 3. The average molecular weight is 588 g/mol. The second kappa shape index (κ2) is 13.0. The molecule has 0 atom stereocenters. The van der Waals surface area contributed by atoms with Crippen molar-refractivity contribution in [3.8, 4) is 0 Å². The molecule has 0 saturated carbocycles. The SMILES string of the molecule is CC(=O)[N+]1=Cc2ccccc2N(C)C1.CN1C[N+](O)=Cc2ccccc21.CN1C[N+](O[Si](C)(C)C)=Cc2ccccc21. The lowest BCUT2D eigenvalue weighted by Gasteiger charge is -2.24. The molecule has 3 aromatic carbocycles. The highest BCUT2D eigenvalue weighted by Crippen LogP contribution is 2.22. The number of rotatable bonds is 2. The van der Waals surface area contributed by atoms with Crippen molar-refractivity contribution >= 4 is 49.9 Å². The normalized spacial score (nSPS) is 15.2. The third kappa shape index (κ3) is 7.85. The number of hydrogen-bond donors (Lipinski definition) is 1. The molecule has 6 rings (SSSR count). The third-order valence-electron chi connectivity index (χ3n) is 6.78. The van der Waals surface area contributed by atoms with Gasteiger partial charge in [0.05, 0.1) is 40.7 Å². The van der Waals surface area contributed by atoms with E-state index in [1.807, 2.05) is 72.4 Å². The van der Waals surface area contributed by atoms with Gasteiger partial charge >= 0.3 is 14.2 Å². The summed E-state index contributed by atoms with van der Waals surface area (Å²) in [6.07, 6.45) is 5.72. The van der Waals surface area contributed by atoms with E-state index in [1.54, 1.807) is 17.7 Å². The van der Waals surface area contributed by atoms with Gasteiger partial charge < -0.3 is 19.2 Å². The molecular formula is C32H43N6O3Si+3. The van der Waals surface area contributed by atoms with Gasteiger partial charge in [0.1, 0.15) is 0 Å². The molecule has 9 nitrogen and oxygen atoms in total. The van der Waals surface area contributed by atoms with Gasteiger partial charge in [0.25, 0.3) is 13.3 Å². The van der Waals surface area contributed by atoms with Crippen molar-refractivity contribution in [3.05, 3.63) is 89.5 Å². The van der Waals surface area contributed by atoms with Gasteiger partial charge in [-0.15, -0.1) is 4.58 Å². The van der Waals surface area contributed by atoms with E-state index in [1.165, 1.54) is 21.7 Å². The number of hydroxylamine groups is 2. The first kappa shape index (κ1) is 30.5. The Labute approximate surface area is 250 Å². The van der Waals surface area contributed by atoms with Crippen molar-refractivity contribution < 1.29 is 28.6 Å². The zero-order chi connectivity index (χ0) is 30.4. The summed E-state index contributed by atoms with van der Waals surface area (Å²) in [5.41, 5.74) is 6.95. The fourth-order valence-electron chi connectivity index (χ4n) is 4.92. The molecule has 0 bridgehead atoms. The van der Waals surface area contributed by atoms with Gasteiger partial charge in [-0.25, -0.2) is 4.79 Å². The van der Waals surface area contributed by atoms with E-state index in [2.05, 4.69) is 73.0 Å². The number of anilines is 3. The Hall–Kier alpha value is -4.44. The van der Waals surface area contributed by atoms with Crippen LogP contribution in [-0.4, -0.2) is 93.3 Å². The number of carbonyl (C=O) groups excluding carboxylic acids is 1. The van der Waals surface area contributed by atoms with Crippen LogP contribution in [0, 0.1) is 0 Å². The lowest BCUT2D eigenvalue weighted by Crippen LogP contribution is -2.40. The fourth-order valence-corrected chi connectivity index (χ4v) is 5.73. The number of carbonyl (C=O) groups is 1. The maximum Gasteiger partial charge on any atom is 0.385 e. The lowest BCUT2D eigenvalue weighted by molar-refractivity contribution is -0.770. The number of nitrogens with zero attached hydrogens (tertiary/aromatic N) is 6. The predicted octanol–water partition coefficient (Wildman–Crippen LogP) is 4.28. The maximum absolute atomic E-state index is 11.2. The summed E-state index contributed by atoms with van der Waals surface area (Å²) < 4.78 is 10.8. The molecule has 3 heterocycles. The Morgan fingerprint density at radius 3 is 1.62 bits per heavy atom. The minimum Gasteiger partial charge on any atom is -0.345 e. The van der Waals surface area contributed by atoms with Gasteiger partial charge in [0.15, 0.2) is 6.21 Å². The smallest absolute Gasteiger partial charge is 0.345 e. The van der Waals surface area contributed by atoms with Gasteiger partial charge in [0.2, 0.25) is 19.1 Å². The molecule has 1 amide bonds. The van der Waals surface area contributed by atoms with Crippen LogP contribution in [0.3, 0.4) is 0 Å². The van der Waals surface area contributed by atoms with Gasteiger partial charge in [-0.3, -0.25) is 5.21 Å². The van der Waals surface area contributed by atoms with Crippen LogP contribution in [-0.2, 0) is 9.32 Å². The van der Waals surface area contributed by atoms with E-state index >= 15 is 0 Å². The third-order valence-corrected chi connectivity index (χ3v) is 7.56. The van der Waals surface area contributed by atoms with Crippen molar-refractivity contribution in [3.63, 3.8) is 0 Å². The molecule has 0 unspecified atom stereocenters. The van der Waals surface area contributed by atoms with Crippen molar-refractivity contribution in [2.45, 2.75) is 26.6 Å². The number of hydrogen-bond acceptors (Lipinski definition) is 6. The number of fused-ring (bicyclic) bond motifs is 3. The number of para-hydroxylation sites is 3. The Bertz CT molecular complexity index is 1530. The molecule has 10 heteroatoms. The second-order valence-corrected chi connectivity index (χ2v) is 16.0. The highest BCUT2D eigenvalue weighted by atomic mass is 28.4. The van der Waals surface area contributed by atoms with E-state index in [9.17, 15) is 10.0 Å². The predicted molar refractivity (Wildman–Crippen MR) is 172 cm³/mol. The molecule has 3 aliphatic heterocycles. The van der Waals surface area contributed by atoms with Crippen LogP contribution in [0.2, 0.25) is 19.6 Å². The molecule has 0 radical (unpaired) electrons. The quantitative estimate of drug-likeness (QED) is 0.274. The minimum absolute atomic E-state index is 0.0753. The Morgan fingerprint density at radius 1 is 0.690 bits per heavy atom. The molecule has 0 spiro atoms. The molecule has 0 fully saturated rings. The Balaban J connectivity index is 0.000000146. The van der Waals surface area contributed by atoms with Crippen molar-refractivity contribution in [2.24, 2.45) is 0 Å². The highest BCUT2D eigenvalue weighted by Gasteiger charge is 2.28. The first-order valence-electron chi connectivity index (χ1n) is 14.0. The summed E-state index contributed by atoms with van der Waals surface area (Å²) >= 11 is 0. The summed E-state index contributed by atoms with van der Waals surface area (Å²) in [6.45, 7) is 10.1. The Kier molecular flexibility index (Phi) is 9.47. The highest BCUT2D eigenvalue weighted by molar-refractivity contribution is 6.69. The van der Waals surface area contributed by atoms with Crippen LogP contribution in [0.5, 0.6) is 0 Å². The summed E-state index contributed by atoms with van der Waals surface area (Å²) in [7, 11) is 4.50. The van der Waals surface area contributed by atoms with E-state index in [0.717, 1.165) is 23.5 Å². The van der Waals surface area contributed by atoms with Crippen LogP contribution in [0.4, 0.5) is 17.1 Å². The van der Waals surface area contributed by atoms with Crippen LogP contribution in [0.15, 0.2) is 72.8 Å². The van der Waals surface area contributed by atoms with Crippen molar-refractivity contribution in [2.75, 3.05) is 55.8 Å². The average Bonchev–Trinajstić information content (AvgIpc) is 2.93. The van der Waals surface area contributed by atoms with Gasteiger partial charge in [-0.05, 0) is 65.5 Å². The van der Waals surface area contributed by atoms with Crippen molar-refractivity contribution in [1.29, 1.82) is 0 Å². The molecule has 0 saturated heterocycles. The summed E-state index contributed by atoms with van der Waals surface area (Å²) in [5.74, 6) is 0.0753. The molecule has 3 aliphatic rings. The topological polar surface area (TPSA) is 65.3 Å². The number of amides is 1. The first-order valence-corrected chi connectivity index (χ1v) is 17.5. The van der Waals surface area contributed by atoms with Crippen LogP contribution in [0.25, 0.3) is 0 Å². The van der Waals surface area contributed by atoms with E-state index in [-0.39, 0.29) is 5.91 Å². The molecule has 1 N–H and O–H groups in total.